The Hall–Kier alpha value is -2.36. The van der Waals surface area contributed by atoms with Gasteiger partial charge in [0.15, 0.2) is 5.65 Å². The zero-order valence-electron chi connectivity index (χ0n) is 18.0. The van der Waals surface area contributed by atoms with Crippen LogP contribution in [0.1, 0.15) is 51.8 Å². The van der Waals surface area contributed by atoms with E-state index in [2.05, 4.69) is 15.3 Å². The van der Waals surface area contributed by atoms with E-state index >= 15 is 0 Å². The number of halogens is 3. The number of aromatic nitrogens is 3. The number of hydrogen-bond acceptors (Lipinski definition) is 5. The van der Waals surface area contributed by atoms with Crippen molar-refractivity contribution in [2.24, 2.45) is 7.05 Å². The number of nitrogens with one attached hydrogen (secondary N) is 1. The van der Waals surface area contributed by atoms with Gasteiger partial charge in [0.1, 0.15) is 17.4 Å². The fraction of sp³-hybridized carbons (Fsp3) is 0.667. The molecule has 31 heavy (non-hydrogen) atoms. The predicted octanol–water partition coefficient (Wildman–Crippen LogP) is 3.69. The van der Waals surface area contributed by atoms with Crippen molar-refractivity contribution in [1.82, 2.24) is 19.9 Å². The molecule has 1 aliphatic carbocycles. The van der Waals surface area contributed by atoms with Crippen molar-refractivity contribution >= 4 is 17.1 Å². The second-order valence-electron chi connectivity index (χ2n) is 8.15. The molecule has 1 fully saturated rings. The number of ether oxygens (including phenoxy) is 2. The van der Waals surface area contributed by atoms with Crippen LogP contribution in [-0.2, 0) is 23.0 Å². The number of aryl methyl sites for hydroxylation is 2. The third kappa shape index (κ3) is 6.81. The Labute approximate surface area is 179 Å². The Morgan fingerprint density at radius 1 is 1.23 bits per heavy atom. The quantitative estimate of drug-likeness (QED) is 0.675. The number of nitrogens with zero attached hydrogens (tertiary/aromatic N) is 3. The summed E-state index contributed by atoms with van der Waals surface area (Å²) >= 11 is 0. The van der Waals surface area contributed by atoms with Gasteiger partial charge in [0.2, 0.25) is 11.8 Å². The van der Waals surface area contributed by atoms with Gasteiger partial charge in [-0.15, -0.1) is 0 Å². The molecule has 3 rings (SSSR count). The second kappa shape index (κ2) is 9.84. The van der Waals surface area contributed by atoms with Crippen LogP contribution in [0.25, 0.3) is 11.2 Å². The highest BCUT2D eigenvalue weighted by Crippen LogP contribution is 2.27. The second-order valence-corrected chi connectivity index (χ2v) is 8.15. The summed E-state index contributed by atoms with van der Waals surface area (Å²) in [5.41, 5.74) is 1.07. The number of rotatable bonds is 8. The molecule has 10 heteroatoms. The van der Waals surface area contributed by atoms with Crippen molar-refractivity contribution in [3.05, 3.63) is 18.0 Å². The van der Waals surface area contributed by atoms with E-state index in [1.54, 1.807) is 23.7 Å². The van der Waals surface area contributed by atoms with Gasteiger partial charge in [0.25, 0.3) is 0 Å². The monoisotopic (exact) mass is 442 g/mol. The molecule has 0 spiro atoms. The van der Waals surface area contributed by atoms with Crippen LogP contribution in [-0.4, -0.2) is 51.5 Å². The summed E-state index contributed by atoms with van der Waals surface area (Å²) in [6, 6.07) is 3.41. The van der Waals surface area contributed by atoms with Crippen molar-refractivity contribution in [1.29, 1.82) is 0 Å². The van der Waals surface area contributed by atoms with Crippen LogP contribution in [0.15, 0.2) is 12.1 Å². The molecule has 2 aromatic rings. The third-order valence-electron chi connectivity index (χ3n) is 5.36. The molecule has 0 aromatic carbocycles. The van der Waals surface area contributed by atoms with Gasteiger partial charge in [-0.05, 0) is 38.7 Å². The van der Waals surface area contributed by atoms with E-state index in [1.165, 1.54) is 6.92 Å². The van der Waals surface area contributed by atoms with Gasteiger partial charge in [0, 0.05) is 32.5 Å². The molecule has 2 aromatic heterocycles. The zero-order chi connectivity index (χ0) is 22.6. The number of carbonyl (C=O) groups excluding carboxylic acids is 1. The highest BCUT2D eigenvalue weighted by atomic mass is 19.4. The first-order valence-corrected chi connectivity index (χ1v) is 10.5. The third-order valence-corrected chi connectivity index (χ3v) is 5.36. The Bertz CT molecular complexity index is 892. The molecular formula is C21H29F3N4O3. The van der Waals surface area contributed by atoms with Crippen molar-refractivity contribution in [2.75, 3.05) is 6.61 Å². The van der Waals surface area contributed by atoms with Crippen LogP contribution in [0.4, 0.5) is 13.2 Å². The average molecular weight is 442 g/mol. The smallest absolute Gasteiger partial charge is 0.389 e. The van der Waals surface area contributed by atoms with Gasteiger partial charge in [0.05, 0.1) is 19.1 Å². The van der Waals surface area contributed by atoms with Crippen LogP contribution < -0.4 is 10.1 Å². The minimum absolute atomic E-state index is 0.00972. The maximum absolute atomic E-state index is 12.5. The van der Waals surface area contributed by atoms with Crippen LogP contribution in [0.3, 0.4) is 0 Å². The minimum Gasteiger partial charge on any atom is -0.474 e. The van der Waals surface area contributed by atoms with E-state index in [0.29, 0.717) is 29.5 Å². The fourth-order valence-corrected chi connectivity index (χ4v) is 3.79. The van der Waals surface area contributed by atoms with Crippen LogP contribution >= 0.6 is 0 Å². The molecule has 0 bridgehead atoms. The molecule has 172 valence electrons. The lowest BCUT2D eigenvalue weighted by Gasteiger charge is -2.29. The molecule has 1 aliphatic rings. The van der Waals surface area contributed by atoms with E-state index in [0.717, 1.165) is 25.7 Å². The van der Waals surface area contributed by atoms with Crippen molar-refractivity contribution in [2.45, 2.75) is 76.8 Å². The van der Waals surface area contributed by atoms with E-state index in [-0.39, 0.29) is 30.6 Å². The summed E-state index contributed by atoms with van der Waals surface area (Å²) in [6.07, 6.45) is -1.82. The molecular weight excluding hydrogens is 413 g/mol. The molecule has 0 radical (unpaired) electrons. The number of carbonyl (C=O) groups is 1. The molecule has 0 aliphatic heterocycles. The number of pyridine rings is 1. The molecule has 2 heterocycles. The molecule has 1 atom stereocenters. The van der Waals surface area contributed by atoms with Gasteiger partial charge in [-0.2, -0.15) is 18.2 Å². The maximum atomic E-state index is 12.5. The van der Waals surface area contributed by atoms with Gasteiger partial charge in [-0.1, -0.05) is 0 Å². The number of alkyl halides is 3. The molecule has 0 saturated heterocycles. The van der Waals surface area contributed by atoms with Crippen molar-refractivity contribution < 1.29 is 27.4 Å². The van der Waals surface area contributed by atoms with Crippen molar-refractivity contribution in [3.8, 4) is 5.88 Å². The maximum Gasteiger partial charge on any atom is 0.389 e. The number of hydrogen-bond donors (Lipinski definition) is 1. The minimum atomic E-state index is -4.22. The van der Waals surface area contributed by atoms with Gasteiger partial charge < -0.3 is 19.4 Å². The molecule has 1 saturated carbocycles. The SMILES string of the molecule is CC(=O)N[C@@H](C)CO[C@H]1CC[C@H](Oc2ccc3nc(CCC(F)(F)F)n(C)c3n2)CC1. The highest BCUT2D eigenvalue weighted by molar-refractivity contribution is 5.73. The first-order valence-electron chi connectivity index (χ1n) is 10.5. The Morgan fingerprint density at radius 3 is 2.55 bits per heavy atom. The van der Waals surface area contributed by atoms with E-state index in [4.69, 9.17) is 9.47 Å². The highest BCUT2D eigenvalue weighted by Gasteiger charge is 2.28. The standard InChI is InChI=1S/C21H29F3N4O3/c1-13(25-14(2)29)12-30-15-4-6-16(7-5-15)31-19-9-8-17-20(27-19)28(3)18(26-17)10-11-21(22,23)24/h8-9,13,15-16H,4-7,10-12H2,1-3H3,(H,25,29)/t13-,15-,16-/m0/s1. The summed E-state index contributed by atoms with van der Waals surface area (Å²) in [5, 5.41) is 2.80. The van der Waals surface area contributed by atoms with Crippen LogP contribution in [0, 0.1) is 0 Å². The van der Waals surface area contributed by atoms with Gasteiger partial charge >= 0.3 is 6.18 Å². The Morgan fingerprint density at radius 2 is 1.90 bits per heavy atom. The zero-order valence-corrected chi connectivity index (χ0v) is 18.0. The lowest BCUT2D eigenvalue weighted by Crippen LogP contribution is -2.36. The van der Waals surface area contributed by atoms with E-state index in [1.807, 2.05) is 6.92 Å². The molecule has 0 unspecified atom stereocenters. The van der Waals surface area contributed by atoms with Crippen molar-refractivity contribution in [3.63, 3.8) is 0 Å². The summed E-state index contributed by atoms with van der Waals surface area (Å²) in [4.78, 5) is 19.8. The normalized spacial score (nSPS) is 20.6. The predicted molar refractivity (Wildman–Crippen MR) is 109 cm³/mol. The van der Waals surface area contributed by atoms with Crippen LogP contribution in [0.2, 0.25) is 0 Å². The molecule has 1 amide bonds. The number of imidazole rings is 1. The van der Waals surface area contributed by atoms with E-state index < -0.39 is 12.6 Å². The molecule has 7 nitrogen and oxygen atoms in total. The Balaban J connectivity index is 1.52. The van der Waals surface area contributed by atoms with Crippen LogP contribution in [0.5, 0.6) is 5.88 Å². The van der Waals surface area contributed by atoms with E-state index in [9.17, 15) is 18.0 Å². The molecule has 1 N–H and O–H groups in total. The average Bonchev–Trinajstić information content (AvgIpc) is 3.00. The summed E-state index contributed by atoms with van der Waals surface area (Å²) in [7, 11) is 1.67. The van der Waals surface area contributed by atoms with Gasteiger partial charge in [-0.25, -0.2) is 4.98 Å². The fourth-order valence-electron chi connectivity index (χ4n) is 3.79. The summed E-state index contributed by atoms with van der Waals surface area (Å²) in [6.45, 7) is 3.87. The lowest BCUT2D eigenvalue weighted by atomic mass is 9.95. The number of amides is 1. The Kier molecular flexibility index (Phi) is 7.40. The lowest BCUT2D eigenvalue weighted by molar-refractivity contribution is -0.134. The first-order chi connectivity index (χ1) is 14.6. The summed E-state index contributed by atoms with van der Waals surface area (Å²) < 4.78 is 51.1. The van der Waals surface area contributed by atoms with Gasteiger partial charge in [-0.3, -0.25) is 4.79 Å². The topological polar surface area (TPSA) is 78.3 Å². The number of fused-ring (bicyclic) bond motifs is 1. The first kappa shape index (κ1) is 23.3. The largest absolute Gasteiger partial charge is 0.474 e. The summed E-state index contributed by atoms with van der Waals surface area (Å²) in [5.74, 6) is 0.725.